The summed E-state index contributed by atoms with van der Waals surface area (Å²) >= 11 is 1.44. The molecule has 0 N–H and O–H groups in total. The minimum absolute atomic E-state index is 0.284. The third kappa shape index (κ3) is 5.06. The van der Waals surface area contributed by atoms with Gasteiger partial charge in [-0.3, -0.25) is 4.99 Å². The van der Waals surface area contributed by atoms with Crippen LogP contribution in [0, 0.1) is 5.82 Å². The maximum absolute atomic E-state index is 14.5. The van der Waals surface area contributed by atoms with E-state index in [-0.39, 0.29) is 5.82 Å². The number of benzene rings is 2. The van der Waals surface area contributed by atoms with E-state index >= 15 is 0 Å². The second-order valence-electron chi connectivity index (χ2n) is 7.80. The number of rotatable bonds is 6. The molecule has 1 aliphatic rings. The maximum Gasteiger partial charge on any atom is 0.206 e. The fourth-order valence-corrected chi connectivity index (χ4v) is 4.33. The second-order valence-corrected chi connectivity index (χ2v) is 8.64. The molecule has 0 unspecified atom stereocenters. The third-order valence-corrected chi connectivity index (χ3v) is 6.08. The van der Waals surface area contributed by atoms with Crippen LogP contribution in [0.4, 0.5) is 10.1 Å². The number of morpholine rings is 1. The lowest BCUT2D eigenvalue weighted by molar-refractivity contribution is 0.122. The van der Waals surface area contributed by atoms with Gasteiger partial charge < -0.3 is 9.64 Å². The van der Waals surface area contributed by atoms with E-state index < -0.39 is 0 Å². The van der Waals surface area contributed by atoms with Gasteiger partial charge in [-0.25, -0.2) is 9.07 Å². The summed E-state index contributed by atoms with van der Waals surface area (Å²) in [6.45, 7) is 11.6. The molecule has 32 heavy (non-hydrogen) atoms. The minimum atomic E-state index is -0.284. The number of halogens is 1. The number of nitrogens with zero attached hydrogens (tertiary/aromatic N) is 4. The van der Waals surface area contributed by atoms with Crippen molar-refractivity contribution >= 4 is 22.7 Å². The smallest absolute Gasteiger partial charge is 0.206 e. The Balaban J connectivity index is 1.71. The van der Waals surface area contributed by atoms with Crippen molar-refractivity contribution in [3.05, 3.63) is 82.2 Å². The third-order valence-electron chi connectivity index (χ3n) is 5.23. The van der Waals surface area contributed by atoms with Gasteiger partial charge in [0.1, 0.15) is 5.82 Å². The molecule has 0 atom stereocenters. The zero-order valence-electron chi connectivity index (χ0n) is 18.4. The molecule has 5 nitrogen and oxygen atoms in total. The van der Waals surface area contributed by atoms with Crippen LogP contribution in [-0.4, -0.2) is 43.2 Å². The Kier molecular flexibility index (Phi) is 6.97. The predicted octanol–water partition coefficient (Wildman–Crippen LogP) is 4.94. The highest BCUT2D eigenvalue weighted by atomic mass is 32.1. The molecule has 4 rings (SSSR count). The van der Waals surface area contributed by atoms with E-state index in [2.05, 4.69) is 40.7 Å². The number of hydrogen-bond donors (Lipinski definition) is 0. The molecule has 1 fully saturated rings. The standard InChI is InChI=1S/C25H27FN4OS/c1-18(2)16-27-25-30(24(17-32-25)22-6-4-5-7-23(22)26)28-19(3)20-8-10-21(11-9-20)29-12-14-31-15-13-29/h4-11,17H,1,12-16H2,2-3H3/b27-25?,28-19+. The summed E-state index contributed by atoms with van der Waals surface area (Å²) in [5, 5.41) is 6.74. The Labute approximate surface area is 191 Å². The number of ether oxygens (including phenoxy) is 1. The molecule has 0 spiro atoms. The van der Waals surface area contributed by atoms with E-state index in [1.54, 1.807) is 16.8 Å². The largest absolute Gasteiger partial charge is 0.378 e. The molecule has 1 saturated heterocycles. The van der Waals surface area contributed by atoms with Crippen LogP contribution in [-0.2, 0) is 4.74 Å². The average molecular weight is 451 g/mol. The van der Waals surface area contributed by atoms with Gasteiger partial charge in [0.05, 0.1) is 31.2 Å². The molecule has 3 aromatic rings. The Hall–Kier alpha value is -3.03. The highest BCUT2D eigenvalue weighted by Gasteiger charge is 2.14. The van der Waals surface area contributed by atoms with Crippen LogP contribution >= 0.6 is 11.3 Å². The van der Waals surface area contributed by atoms with Gasteiger partial charge >= 0.3 is 0 Å². The zero-order chi connectivity index (χ0) is 22.5. The van der Waals surface area contributed by atoms with E-state index in [1.807, 2.05) is 25.3 Å². The van der Waals surface area contributed by atoms with Gasteiger partial charge in [0.15, 0.2) is 0 Å². The highest BCUT2D eigenvalue weighted by Crippen LogP contribution is 2.24. The monoisotopic (exact) mass is 450 g/mol. The van der Waals surface area contributed by atoms with E-state index in [9.17, 15) is 4.39 Å². The molecule has 166 valence electrons. The van der Waals surface area contributed by atoms with Crippen molar-refractivity contribution in [2.24, 2.45) is 10.1 Å². The summed E-state index contributed by atoms with van der Waals surface area (Å²) < 4.78 is 21.7. The predicted molar refractivity (Wildman–Crippen MR) is 130 cm³/mol. The molecule has 0 amide bonds. The molecule has 2 aromatic carbocycles. The fourth-order valence-electron chi connectivity index (χ4n) is 3.50. The van der Waals surface area contributed by atoms with E-state index in [1.165, 1.54) is 23.1 Å². The summed E-state index contributed by atoms with van der Waals surface area (Å²) in [7, 11) is 0. The van der Waals surface area contributed by atoms with Crippen LogP contribution in [0.15, 0.2) is 76.2 Å². The van der Waals surface area contributed by atoms with Crippen molar-refractivity contribution in [3.63, 3.8) is 0 Å². The van der Waals surface area contributed by atoms with Crippen LogP contribution in [0.2, 0.25) is 0 Å². The van der Waals surface area contributed by atoms with Crippen LogP contribution < -0.4 is 9.70 Å². The van der Waals surface area contributed by atoms with Gasteiger partial charge in [-0.1, -0.05) is 36.4 Å². The first kappa shape index (κ1) is 22.2. The topological polar surface area (TPSA) is 42.1 Å². The number of hydrogen-bond acceptors (Lipinski definition) is 5. The summed E-state index contributed by atoms with van der Waals surface area (Å²) in [5.41, 5.74) is 5.14. The van der Waals surface area contributed by atoms with Crippen LogP contribution in [0.25, 0.3) is 11.3 Å². The molecule has 1 aromatic heterocycles. The molecule has 0 radical (unpaired) electrons. The van der Waals surface area contributed by atoms with Gasteiger partial charge in [0.2, 0.25) is 4.80 Å². The zero-order valence-corrected chi connectivity index (χ0v) is 19.2. The lowest BCUT2D eigenvalue weighted by atomic mass is 10.1. The van der Waals surface area contributed by atoms with Crippen LogP contribution in [0.3, 0.4) is 0 Å². The van der Waals surface area contributed by atoms with Crippen LogP contribution in [0.5, 0.6) is 0 Å². The molecule has 0 saturated carbocycles. The molecular weight excluding hydrogens is 423 g/mol. The quantitative estimate of drug-likeness (QED) is 0.394. The molecule has 2 heterocycles. The number of thiazole rings is 1. The highest BCUT2D eigenvalue weighted by molar-refractivity contribution is 7.07. The van der Waals surface area contributed by atoms with Crippen molar-refractivity contribution in [1.29, 1.82) is 0 Å². The van der Waals surface area contributed by atoms with Gasteiger partial charge in [-0.05, 0) is 43.7 Å². The fraction of sp³-hybridized carbons (Fsp3) is 0.280. The second kappa shape index (κ2) is 10.1. The summed E-state index contributed by atoms with van der Waals surface area (Å²) in [6, 6.07) is 15.1. The Bertz CT molecular complexity index is 1190. The summed E-state index contributed by atoms with van der Waals surface area (Å²) in [6.07, 6.45) is 0. The Morgan fingerprint density at radius 3 is 2.50 bits per heavy atom. The molecule has 0 bridgehead atoms. The maximum atomic E-state index is 14.5. The van der Waals surface area contributed by atoms with Crippen molar-refractivity contribution in [2.45, 2.75) is 13.8 Å². The van der Waals surface area contributed by atoms with Crippen LogP contribution in [0.1, 0.15) is 19.4 Å². The number of anilines is 1. The molecule has 7 heteroatoms. The van der Waals surface area contributed by atoms with Crippen molar-refractivity contribution in [2.75, 3.05) is 37.7 Å². The number of aromatic nitrogens is 1. The Morgan fingerprint density at radius 2 is 1.81 bits per heavy atom. The van der Waals surface area contributed by atoms with Gasteiger partial charge in [-0.2, -0.15) is 5.10 Å². The first-order valence-corrected chi connectivity index (χ1v) is 11.5. The molecule has 1 aliphatic heterocycles. The van der Waals surface area contributed by atoms with Crippen molar-refractivity contribution in [3.8, 4) is 11.3 Å². The normalized spacial score (nSPS) is 15.3. The molecular formula is C25H27FN4OS. The van der Waals surface area contributed by atoms with E-state index in [0.717, 1.165) is 43.2 Å². The first-order chi connectivity index (χ1) is 15.5. The minimum Gasteiger partial charge on any atom is -0.378 e. The average Bonchev–Trinajstić information content (AvgIpc) is 3.20. The van der Waals surface area contributed by atoms with E-state index in [0.29, 0.717) is 22.6 Å². The van der Waals surface area contributed by atoms with Crippen molar-refractivity contribution in [1.82, 2.24) is 4.68 Å². The van der Waals surface area contributed by atoms with Gasteiger partial charge in [0, 0.05) is 29.7 Å². The molecule has 0 aliphatic carbocycles. The summed E-state index contributed by atoms with van der Waals surface area (Å²) in [4.78, 5) is 7.66. The summed E-state index contributed by atoms with van der Waals surface area (Å²) in [5.74, 6) is -0.284. The van der Waals surface area contributed by atoms with Gasteiger partial charge in [-0.15, -0.1) is 11.3 Å². The van der Waals surface area contributed by atoms with E-state index in [4.69, 9.17) is 9.84 Å². The van der Waals surface area contributed by atoms with Crippen molar-refractivity contribution < 1.29 is 9.13 Å². The SMILES string of the molecule is C=C(C)CN=c1scc(-c2ccccc2F)n1/N=C(\C)c1ccc(N2CCOCC2)cc1. The lowest BCUT2D eigenvalue weighted by Gasteiger charge is -2.28. The Morgan fingerprint density at radius 1 is 1.09 bits per heavy atom. The lowest BCUT2D eigenvalue weighted by Crippen LogP contribution is -2.36. The van der Waals surface area contributed by atoms with Gasteiger partial charge in [0.25, 0.3) is 0 Å². The first-order valence-electron chi connectivity index (χ1n) is 10.6.